The second kappa shape index (κ2) is 3.92. The van der Waals surface area contributed by atoms with Crippen molar-refractivity contribution >= 4 is 35.3 Å². The van der Waals surface area contributed by atoms with Gasteiger partial charge in [-0.05, 0) is 12.2 Å². The molecule has 0 aromatic heterocycles. The van der Waals surface area contributed by atoms with Crippen molar-refractivity contribution in [2.75, 3.05) is 5.88 Å². The van der Waals surface area contributed by atoms with E-state index < -0.39 is 11.8 Å². The summed E-state index contributed by atoms with van der Waals surface area (Å²) in [5, 5.41) is 0. The Labute approximate surface area is 73.7 Å². The molecule has 1 aliphatic rings. The fourth-order valence-electron chi connectivity index (χ4n) is 0.632. The first-order chi connectivity index (χ1) is 5.74. The van der Waals surface area contributed by atoms with Gasteiger partial charge < -0.3 is 0 Å². The number of alkyl halides is 1. The fraction of sp³-hybridized carbons (Fsp3) is 0.143. The zero-order valence-corrected chi connectivity index (χ0v) is 6.78. The summed E-state index contributed by atoms with van der Waals surface area (Å²) >= 11 is 5.19. The number of carbonyl (C=O) groups is 2. The number of dihydropyridines is 1. The molecule has 0 saturated heterocycles. The standard InChI is InChI=1S/C7H5ClN2O2/c8-4-6(11)10-5-2-1-3-9-7(5)12/h1-3H,4H2. The molecule has 0 aromatic rings. The molecule has 0 radical (unpaired) electrons. The average molecular weight is 185 g/mol. The van der Waals surface area contributed by atoms with Crippen molar-refractivity contribution in [3.8, 4) is 0 Å². The smallest absolute Gasteiger partial charge is 0.271 e. The van der Waals surface area contributed by atoms with Crippen LogP contribution in [0, 0.1) is 0 Å². The Balaban J connectivity index is 2.82. The topological polar surface area (TPSA) is 58.9 Å². The molecular weight excluding hydrogens is 180 g/mol. The van der Waals surface area contributed by atoms with Crippen molar-refractivity contribution in [2.45, 2.75) is 0 Å². The third kappa shape index (κ3) is 2.10. The van der Waals surface area contributed by atoms with Crippen LogP contribution in [0.25, 0.3) is 0 Å². The van der Waals surface area contributed by atoms with E-state index in [4.69, 9.17) is 11.6 Å². The predicted molar refractivity (Wildman–Crippen MR) is 45.8 cm³/mol. The second-order valence-corrected chi connectivity index (χ2v) is 2.23. The monoisotopic (exact) mass is 184 g/mol. The lowest BCUT2D eigenvalue weighted by Crippen LogP contribution is -2.14. The van der Waals surface area contributed by atoms with Gasteiger partial charge in [0.05, 0.1) is 0 Å². The molecular formula is C7H5ClN2O2. The zero-order chi connectivity index (χ0) is 8.97. The highest BCUT2D eigenvalue weighted by Crippen LogP contribution is 1.94. The zero-order valence-electron chi connectivity index (χ0n) is 6.03. The summed E-state index contributed by atoms with van der Waals surface area (Å²) in [6, 6.07) is 0. The maximum absolute atomic E-state index is 10.9. The molecule has 0 aromatic carbocycles. The lowest BCUT2D eigenvalue weighted by molar-refractivity contribution is -0.116. The van der Waals surface area contributed by atoms with Gasteiger partial charge in [-0.3, -0.25) is 9.59 Å². The molecule has 5 heteroatoms. The van der Waals surface area contributed by atoms with Crippen molar-refractivity contribution in [1.29, 1.82) is 0 Å². The third-order valence-electron chi connectivity index (χ3n) is 1.11. The third-order valence-corrected chi connectivity index (χ3v) is 1.34. The van der Waals surface area contributed by atoms with Gasteiger partial charge in [0.25, 0.3) is 11.8 Å². The van der Waals surface area contributed by atoms with Crippen molar-refractivity contribution < 1.29 is 9.59 Å². The van der Waals surface area contributed by atoms with Crippen LogP contribution in [-0.2, 0) is 9.59 Å². The number of carbonyl (C=O) groups excluding carboxylic acids is 2. The summed E-state index contributed by atoms with van der Waals surface area (Å²) in [5.41, 5.74) is 0.0307. The summed E-state index contributed by atoms with van der Waals surface area (Å²) < 4.78 is 0. The Morgan fingerprint density at radius 1 is 1.67 bits per heavy atom. The Morgan fingerprint density at radius 3 is 3.00 bits per heavy atom. The maximum Gasteiger partial charge on any atom is 0.295 e. The van der Waals surface area contributed by atoms with Gasteiger partial charge in [0.15, 0.2) is 0 Å². The number of amides is 2. The summed E-state index contributed by atoms with van der Waals surface area (Å²) in [7, 11) is 0. The van der Waals surface area contributed by atoms with Crippen LogP contribution in [0.3, 0.4) is 0 Å². The molecule has 4 nitrogen and oxygen atoms in total. The van der Waals surface area contributed by atoms with Crippen LogP contribution in [0.2, 0.25) is 0 Å². The molecule has 0 bridgehead atoms. The van der Waals surface area contributed by atoms with Crippen molar-refractivity contribution in [3.05, 3.63) is 12.2 Å². The van der Waals surface area contributed by atoms with Gasteiger partial charge in [-0.1, -0.05) is 0 Å². The highest BCUT2D eigenvalue weighted by Gasteiger charge is 2.10. The predicted octanol–water partition coefficient (Wildman–Crippen LogP) is 0.360. The van der Waals surface area contributed by atoms with Gasteiger partial charge in [-0.15, -0.1) is 11.6 Å². The molecule has 0 N–H and O–H groups in total. The van der Waals surface area contributed by atoms with E-state index in [1.165, 1.54) is 18.4 Å². The minimum Gasteiger partial charge on any atom is -0.271 e. The maximum atomic E-state index is 10.9. The van der Waals surface area contributed by atoms with Gasteiger partial charge >= 0.3 is 0 Å². The molecule has 1 aliphatic heterocycles. The average Bonchev–Trinajstić information content (AvgIpc) is 2.09. The highest BCUT2D eigenvalue weighted by molar-refractivity contribution is 6.48. The first kappa shape index (κ1) is 8.80. The number of aliphatic imine (C=N–C) groups is 2. The molecule has 12 heavy (non-hydrogen) atoms. The van der Waals surface area contributed by atoms with Crippen molar-refractivity contribution in [2.24, 2.45) is 9.98 Å². The van der Waals surface area contributed by atoms with Crippen molar-refractivity contribution in [1.82, 2.24) is 0 Å². The summed E-state index contributed by atoms with van der Waals surface area (Å²) in [4.78, 5) is 28.4. The SMILES string of the molecule is O=C(CCl)N=C1C=CC=NC1=O. The van der Waals surface area contributed by atoms with Crippen LogP contribution in [0.1, 0.15) is 0 Å². The molecule has 0 atom stereocenters. The molecule has 62 valence electrons. The van der Waals surface area contributed by atoms with E-state index in [2.05, 4.69) is 9.98 Å². The van der Waals surface area contributed by atoms with Crippen LogP contribution in [0.4, 0.5) is 0 Å². The van der Waals surface area contributed by atoms with Gasteiger partial charge in [-0.2, -0.15) is 0 Å². The van der Waals surface area contributed by atoms with Crippen LogP contribution in [0.15, 0.2) is 22.1 Å². The molecule has 2 amide bonds. The summed E-state index contributed by atoms with van der Waals surface area (Å²) in [6.07, 6.45) is 4.29. The van der Waals surface area contributed by atoms with Gasteiger partial charge in [-0.25, -0.2) is 9.98 Å². The van der Waals surface area contributed by atoms with E-state index in [-0.39, 0.29) is 11.6 Å². The van der Waals surface area contributed by atoms with E-state index in [0.717, 1.165) is 0 Å². The second-order valence-electron chi connectivity index (χ2n) is 1.97. The van der Waals surface area contributed by atoms with Gasteiger partial charge in [0.2, 0.25) is 0 Å². The highest BCUT2D eigenvalue weighted by atomic mass is 35.5. The molecule has 0 spiro atoms. The van der Waals surface area contributed by atoms with Gasteiger partial charge in [0, 0.05) is 6.21 Å². The molecule has 1 rings (SSSR count). The largest absolute Gasteiger partial charge is 0.295 e. The molecule has 0 aliphatic carbocycles. The van der Waals surface area contributed by atoms with E-state index in [1.807, 2.05) is 0 Å². The molecule has 0 unspecified atom stereocenters. The van der Waals surface area contributed by atoms with E-state index >= 15 is 0 Å². The lowest BCUT2D eigenvalue weighted by atomic mass is 10.3. The van der Waals surface area contributed by atoms with Crippen molar-refractivity contribution in [3.63, 3.8) is 0 Å². The Kier molecular flexibility index (Phi) is 2.88. The summed E-state index contributed by atoms with van der Waals surface area (Å²) in [6.45, 7) is 0. The minimum absolute atomic E-state index is 0.0307. The Bertz CT molecular complexity index is 305. The van der Waals surface area contributed by atoms with E-state index in [0.29, 0.717) is 0 Å². The Morgan fingerprint density at radius 2 is 2.42 bits per heavy atom. The van der Waals surface area contributed by atoms with Crippen LogP contribution >= 0.6 is 11.6 Å². The van der Waals surface area contributed by atoms with Crippen LogP contribution in [-0.4, -0.2) is 29.6 Å². The van der Waals surface area contributed by atoms with E-state index in [1.54, 1.807) is 0 Å². The molecule has 0 saturated carbocycles. The summed E-state index contributed by atoms with van der Waals surface area (Å²) in [5.74, 6) is -1.29. The fourth-order valence-corrected chi connectivity index (χ4v) is 0.691. The normalized spacial score (nSPS) is 18.8. The van der Waals surface area contributed by atoms with Crippen LogP contribution in [0.5, 0.6) is 0 Å². The van der Waals surface area contributed by atoms with Crippen LogP contribution < -0.4 is 0 Å². The number of hydrogen-bond acceptors (Lipinski definition) is 2. The molecule has 1 heterocycles. The number of nitrogens with zero attached hydrogens (tertiary/aromatic N) is 2. The number of halogens is 1. The van der Waals surface area contributed by atoms with E-state index in [9.17, 15) is 9.59 Å². The number of allylic oxidation sites excluding steroid dienone is 1. The lowest BCUT2D eigenvalue weighted by Gasteiger charge is -1.96. The first-order valence-electron chi connectivity index (χ1n) is 3.16. The number of rotatable bonds is 1. The quantitative estimate of drug-likeness (QED) is 0.553. The van der Waals surface area contributed by atoms with Gasteiger partial charge in [0.1, 0.15) is 11.6 Å². The first-order valence-corrected chi connectivity index (χ1v) is 3.70. The molecule has 0 fully saturated rings. The Hall–Kier alpha value is -1.29. The number of hydrogen-bond donors (Lipinski definition) is 0. The minimum atomic E-state index is -0.540.